The summed E-state index contributed by atoms with van der Waals surface area (Å²) >= 11 is 0. The van der Waals surface area contributed by atoms with Crippen LogP contribution in [-0.2, 0) is 11.3 Å². The molecule has 2 aromatic rings. The van der Waals surface area contributed by atoms with Crippen molar-refractivity contribution in [3.63, 3.8) is 0 Å². The Kier molecular flexibility index (Phi) is 5.26. The SMILES string of the molecule is CC(C)(C)CN(CCCO)C(=O)Cn1c(=O)[nH]c2ccccc21. The Morgan fingerprint density at radius 3 is 2.65 bits per heavy atom. The highest BCUT2D eigenvalue weighted by molar-refractivity contribution is 5.80. The van der Waals surface area contributed by atoms with Crippen molar-refractivity contribution < 1.29 is 9.90 Å². The maximum atomic E-state index is 12.7. The van der Waals surface area contributed by atoms with Gasteiger partial charge in [-0.05, 0) is 24.0 Å². The van der Waals surface area contributed by atoms with Gasteiger partial charge in [-0.2, -0.15) is 0 Å². The number of aromatic amines is 1. The topological polar surface area (TPSA) is 78.3 Å². The van der Waals surface area contributed by atoms with Gasteiger partial charge in [0.2, 0.25) is 5.91 Å². The number of nitrogens with zero attached hydrogens (tertiary/aromatic N) is 2. The van der Waals surface area contributed by atoms with Crippen LogP contribution in [0, 0.1) is 5.41 Å². The summed E-state index contributed by atoms with van der Waals surface area (Å²) in [5.41, 5.74) is 1.13. The first-order valence-electron chi connectivity index (χ1n) is 7.88. The van der Waals surface area contributed by atoms with Crippen molar-refractivity contribution in [2.75, 3.05) is 19.7 Å². The molecule has 0 bridgehead atoms. The number of para-hydroxylation sites is 2. The highest BCUT2D eigenvalue weighted by Crippen LogP contribution is 2.16. The molecule has 2 rings (SSSR count). The number of carbonyl (C=O) groups excluding carboxylic acids is 1. The minimum absolute atomic E-state index is 0.00432. The lowest BCUT2D eigenvalue weighted by atomic mass is 9.96. The molecule has 1 heterocycles. The van der Waals surface area contributed by atoms with Gasteiger partial charge in [0.15, 0.2) is 0 Å². The van der Waals surface area contributed by atoms with E-state index in [1.807, 2.05) is 24.3 Å². The molecular weight excluding hydrogens is 294 g/mol. The summed E-state index contributed by atoms with van der Waals surface area (Å²) in [6.07, 6.45) is 0.532. The zero-order valence-electron chi connectivity index (χ0n) is 14.0. The third-order valence-corrected chi connectivity index (χ3v) is 3.58. The summed E-state index contributed by atoms with van der Waals surface area (Å²) in [6.45, 7) is 7.30. The molecule has 0 saturated heterocycles. The lowest BCUT2D eigenvalue weighted by molar-refractivity contribution is -0.133. The number of benzene rings is 1. The minimum Gasteiger partial charge on any atom is -0.396 e. The predicted molar refractivity (Wildman–Crippen MR) is 90.3 cm³/mol. The van der Waals surface area contributed by atoms with Crippen molar-refractivity contribution in [1.29, 1.82) is 0 Å². The van der Waals surface area contributed by atoms with E-state index < -0.39 is 0 Å². The molecule has 1 amide bonds. The van der Waals surface area contributed by atoms with Gasteiger partial charge in [0.1, 0.15) is 6.54 Å². The van der Waals surface area contributed by atoms with Crippen LogP contribution in [0.2, 0.25) is 0 Å². The van der Waals surface area contributed by atoms with Crippen LogP contribution < -0.4 is 5.69 Å². The van der Waals surface area contributed by atoms with E-state index in [4.69, 9.17) is 5.11 Å². The Morgan fingerprint density at radius 1 is 1.30 bits per heavy atom. The Labute approximate surface area is 135 Å². The van der Waals surface area contributed by atoms with Gasteiger partial charge in [-0.25, -0.2) is 4.79 Å². The molecule has 6 nitrogen and oxygen atoms in total. The van der Waals surface area contributed by atoms with Crippen LogP contribution in [0.5, 0.6) is 0 Å². The van der Waals surface area contributed by atoms with Crippen LogP contribution >= 0.6 is 0 Å². The number of hydrogen-bond donors (Lipinski definition) is 2. The van der Waals surface area contributed by atoms with E-state index in [0.717, 1.165) is 11.0 Å². The van der Waals surface area contributed by atoms with Crippen LogP contribution in [0.1, 0.15) is 27.2 Å². The lowest BCUT2D eigenvalue weighted by Crippen LogP contribution is -2.41. The number of H-pyrrole nitrogens is 1. The molecule has 23 heavy (non-hydrogen) atoms. The number of fused-ring (bicyclic) bond motifs is 1. The zero-order chi connectivity index (χ0) is 17.0. The Bertz CT molecular complexity index is 724. The van der Waals surface area contributed by atoms with Crippen molar-refractivity contribution in [2.24, 2.45) is 5.41 Å². The van der Waals surface area contributed by atoms with E-state index in [1.54, 1.807) is 4.90 Å². The second-order valence-electron chi connectivity index (χ2n) is 6.99. The monoisotopic (exact) mass is 319 g/mol. The lowest BCUT2D eigenvalue weighted by Gasteiger charge is -2.30. The van der Waals surface area contributed by atoms with Crippen molar-refractivity contribution in [1.82, 2.24) is 14.5 Å². The molecule has 0 fully saturated rings. The maximum absolute atomic E-state index is 12.7. The number of imidazole rings is 1. The fraction of sp³-hybridized carbons (Fsp3) is 0.529. The first-order valence-corrected chi connectivity index (χ1v) is 7.88. The molecule has 0 aliphatic heterocycles. The predicted octanol–water partition coefficient (Wildman–Crippen LogP) is 1.59. The third-order valence-electron chi connectivity index (χ3n) is 3.58. The van der Waals surface area contributed by atoms with Crippen LogP contribution in [0.25, 0.3) is 11.0 Å². The average molecular weight is 319 g/mol. The largest absolute Gasteiger partial charge is 0.396 e. The van der Waals surface area contributed by atoms with Gasteiger partial charge in [0, 0.05) is 19.7 Å². The van der Waals surface area contributed by atoms with Crippen molar-refractivity contribution >= 4 is 16.9 Å². The number of amides is 1. The van der Waals surface area contributed by atoms with Crippen LogP contribution in [0.3, 0.4) is 0 Å². The maximum Gasteiger partial charge on any atom is 0.326 e. The molecule has 0 aliphatic carbocycles. The molecule has 1 aromatic carbocycles. The summed E-state index contributed by atoms with van der Waals surface area (Å²) in [6, 6.07) is 7.32. The van der Waals surface area contributed by atoms with Crippen molar-refractivity contribution in [3.05, 3.63) is 34.7 Å². The molecular formula is C17H25N3O3. The van der Waals surface area contributed by atoms with Gasteiger partial charge in [-0.15, -0.1) is 0 Å². The fourth-order valence-electron chi connectivity index (χ4n) is 2.63. The van der Waals surface area contributed by atoms with E-state index in [-0.39, 0.29) is 30.2 Å². The van der Waals surface area contributed by atoms with Gasteiger partial charge in [0.05, 0.1) is 11.0 Å². The minimum atomic E-state index is -0.280. The van der Waals surface area contributed by atoms with Gasteiger partial charge in [-0.3, -0.25) is 9.36 Å². The number of aromatic nitrogens is 2. The zero-order valence-corrected chi connectivity index (χ0v) is 14.0. The van der Waals surface area contributed by atoms with Crippen molar-refractivity contribution in [3.8, 4) is 0 Å². The summed E-state index contributed by atoms with van der Waals surface area (Å²) in [5.74, 6) is -0.111. The number of nitrogens with one attached hydrogen (secondary N) is 1. The molecule has 2 N–H and O–H groups in total. The van der Waals surface area contributed by atoms with Crippen LogP contribution in [0.4, 0.5) is 0 Å². The van der Waals surface area contributed by atoms with Gasteiger partial charge >= 0.3 is 5.69 Å². The normalized spacial score (nSPS) is 11.8. The summed E-state index contributed by atoms with van der Waals surface area (Å²) in [5, 5.41) is 9.04. The molecule has 0 spiro atoms. The molecule has 0 aliphatic rings. The molecule has 0 unspecified atom stereocenters. The number of aliphatic hydroxyl groups is 1. The van der Waals surface area contributed by atoms with E-state index in [9.17, 15) is 9.59 Å². The first-order chi connectivity index (χ1) is 10.8. The van der Waals surface area contributed by atoms with Crippen LogP contribution in [0.15, 0.2) is 29.1 Å². The van der Waals surface area contributed by atoms with E-state index >= 15 is 0 Å². The fourth-order valence-corrected chi connectivity index (χ4v) is 2.63. The van der Waals surface area contributed by atoms with E-state index in [1.165, 1.54) is 4.57 Å². The van der Waals surface area contributed by atoms with Gasteiger partial charge in [-0.1, -0.05) is 32.9 Å². The Balaban J connectivity index is 2.22. The van der Waals surface area contributed by atoms with E-state index in [2.05, 4.69) is 25.8 Å². The average Bonchev–Trinajstić information content (AvgIpc) is 2.78. The molecule has 0 atom stereocenters. The van der Waals surface area contributed by atoms with Crippen molar-refractivity contribution in [2.45, 2.75) is 33.7 Å². The Hall–Kier alpha value is -2.08. The van der Waals surface area contributed by atoms with Gasteiger partial charge < -0.3 is 15.0 Å². The second kappa shape index (κ2) is 7.00. The quantitative estimate of drug-likeness (QED) is 0.848. The Morgan fingerprint density at radius 2 is 2.00 bits per heavy atom. The first kappa shape index (κ1) is 17.3. The number of rotatable bonds is 6. The molecule has 6 heteroatoms. The summed E-state index contributed by atoms with van der Waals surface area (Å²) < 4.78 is 1.46. The molecule has 126 valence electrons. The smallest absolute Gasteiger partial charge is 0.326 e. The van der Waals surface area contributed by atoms with Gasteiger partial charge in [0.25, 0.3) is 0 Å². The third kappa shape index (κ3) is 4.45. The molecule has 0 radical (unpaired) electrons. The van der Waals surface area contributed by atoms with Crippen LogP contribution in [-0.4, -0.2) is 45.2 Å². The molecule has 0 saturated carbocycles. The molecule has 1 aromatic heterocycles. The second-order valence-corrected chi connectivity index (χ2v) is 6.99. The summed E-state index contributed by atoms with van der Waals surface area (Å²) in [7, 11) is 0. The number of carbonyl (C=O) groups is 1. The standard InChI is InChI=1S/C17H25N3O3/c1-17(2,3)12-19(9-6-10-21)15(22)11-20-14-8-5-4-7-13(14)18-16(20)23/h4-5,7-8,21H,6,9-12H2,1-3H3,(H,18,23). The highest BCUT2D eigenvalue weighted by Gasteiger charge is 2.22. The summed E-state index contributed by atoms with van der Waals surface area (Å²) in [4.78, 5) is 29.2. The highest BCUT2D eigenvalue weighted by atomic mass is 16.3. The number of hydrogen-bond acceptors (Lipinski definition) is 3. The van der Waals surface area contributed by atoms with E-state index in [0.29, 0.717) is 19.5 Å². The number of aliphatic hydroxyl groups excluding tert-OH is 1.